The first kappa shape index (κ1) is 12.8. The average molecular weight is 243 g/mol. The van der Waals surface area contributed by atoms with E-state index in [1.807, 2.05) is 13.8 Å². The van der Waals surface area contributed by atoms with Gasteiger partial charge >= 0.3 is 5.97 Å². The number of nitrogen functional groups attached to an aromatic ring is 1. The minimum absolute atomic E-state index is 0.0427. The SMILES string of the molecule is CC(C)CSc1cc(C(=O)O)c(N)cc1F. The lowest BCUT2D eigenvalue weighted by Gasteiger charge is -2.08. The summed E-state index contributed by atoms with van der Waals surface area (Å²) >= 11 is 1.30. The summed E-state index contributed by atoms with van der Waals surface area (Å²) in [5.74, 6) is -0.452. The van der Waals surface area contributed by atoms with Crippen molar-refractivity contribution in [3.05, 3.63) is 23.5 Å². The lowest BCUT2D eigenvalue weighted by Crippen LogP contribution is -2.04. The molecule has 0 saturated heterocycles. The van der Waals surface area contributed by atoms with Crippen molar-refractivity contribution in [2.45, 2.75) is 18.7 Å². The molecule has 0 radical (unpaired) electrons. The first-order chi connectivity index (χ1) is 7.41. The number of hydrogen-bond donors (Lipinski definition) is 2. The van der Waals surface area contributed by atoms with E-state index in [2.05, 4.69) is 0 Å². The topological polar surface area (TPSA) is 63.3 Å². The number of benzene rings is 1. The van der Waals surface area contributed by atoms with Gasteiger partial charge in [0, 0.05) is 16.3 Å². The number of carboxylic acids is 1. The molecule has 0 amide bonds. The Labute approximate surface area is 97.8 Å². The molecule has 3 nitrogen and oxygen atoms in total. The summed E-state index contributed by atoms with van der Waals surface area (Å²) in [5, 5.41) is 8.85. The van der Waals surface area contributed by atoms with Gasteiger partial charge < -0.3 is 10.8 Å². The van der Waals surface area contributed by atoms with Gasteiger partial charge in [0.1, 0.15) is 5.82 Å². The second-order valence-electron chi connectivity index (χ2n) is 3.88. The van der Waals surface area contributed by atoms with Crippen LogP contribution in [0.5, 0.6) is 0 Å². The third-order valence-corrected chi connectivity index (χ3v) is 3.36. The molecule has 0 aliphatic rings. The number of carboxylic acid groups (broad SMARTS) is 1. The number of rotatable bonds is 4. The first-order valence-corrected chi connectivity index (χ1v) is 5.85. The Morgan fingerprint density at radius 2 is 2.19 bits per heavy atom. The number of anilines is 1. The molecular formula is C11H14FNO2S. The summed E-state index contributed by atoms with van der Waals surface area (Å²) in [6.07, 6.45) is 0. The van der Waals surface area contributed by atoms with Gasteiger partial charge in [-0.05, 0) is 18.1 Å². The number of nitrogens with two attached hydrogens (primary N) is 1. The molecule has 0 aromatic heterocycles. The van der Waals surface area contributed by atoms with E-state index in [1.54, 1.807) is 0 Å². The van der Waals surface area contributed by atoms with E-state index in [-0.39, 0.29) is 11.3 Å². The van der Waals surface area contributed by atoms with Crippen LogP contribution in [0.2, 0.25) is 0 Å². The maximum atomic E-state index is 13.5. The van der Waals surface area contributed by atoms with Crippen LogP contribution in [0.15, 0.2) is 17.0 Å². The Bertz CT molecular complexity index is 407. The summed E-state index contributed by atoms with van der Waals surface area (Å²) in [6, 6.07) is 2.35. The first-order valence-electron chi connectivity index (χ1n) is 4.87. The number of halogens is 1. The lowest BCUT2D eigenvalue weighted by atomic mass is 10.2. The van der Waals surface area contributed by atoms with Crippen LogP contribution in [0.3, 0.4) is 0 Å². The van der Waals surface area contributed by atoms with Crippen LogP contribution in [0, 0.1) is 11.7 Å². The normalized spacial score (nSPS) is 10.8. The number of aromatic carboxylic acids is 1. The highest BCUT2D eigenvalue weighted by Crippen LogP contribution is 2.28. The van der Waals surface area contributed by atoms with Crippen LogP contribution in [0.4, 0.5) is 10.1 Å². The van der Waals surface area contributed by atoms with Crippen LogP contribution in [-0.2, 0) is 0 Å². The molecule has 0 spiro atoms. The molecule has 16 heavy (non-hydrogen) atoms. The van der Waals surface area contributed by atoms with Gasteiger partial charge in [-0.3, -0.25) is 0 Å². The highest BCUT2D eigenvalue weighted by atomic mass is 32.2. The minimum Gasteiger partial charge on any atom is -0.478 e. The second-order valence-corrected chi connectivity index (χ2v) is 4.94. The summed E-state index contributed by atoms with van der Waals surface area (Å²) < 4.78 is 13.5. The van der Waals surface area contributed by atoms with Gasteiger partial charge in [-0.2, -0.15) is 0 Å². The molecule has 0 fully saturated rings. The van der Waals surface area contributed by atoms with Crippen LogP contribution in [-0.4, -0.2) is 16.8 Å². The monoisotopic (exact) mass is 243 g/mol. The van der Waals surface area contributed by atoms with Gasteiger partial charge in [0.25, 0.3) is 0 Å². The molecule has 3 N–H and O–H groups in total. The van der Waals surface area contributed by atoms with Gasteiger partial charge in [-0.15, -0.1) is 11.8 Å². The van der Waals surface area contributed by atoms with Crippen LogP contribution in [0.1, 0.15) is 24.2 Å². The molecule has 0 unspecified atom stereocenters. The van der Waals surface area contributed by atoms with Crippen molar-refractivity contribution in [1.82, 2.24) is 0 Å². The molecule has 1 rings (SSSR count). The highest BCUT2D eigenvalue weighted by Gasteiger charge is 2.13. The molecule has 0 aliphatic heterocycles. The number of carbonyl (C=O) groups is 1. The third kappa shape index (κ3) is 3.13. The van der Waals surface area contributed by atoms with Gasteiger partial charge in [0.05, 0.1) is 5.56 Å². The van der Waals surface area contributed by atoms with Crippen LogP contribution in [0.25, 0.3) is 0 Å². The fourth-order valence-electron chi connectivity index (χ4n) is 1.12. The van der Waals surface area contributed by atoms with Crippen molar-refractivity contribution >= 4 is 23.4 Å². The van der Waals surface area contributed by atoms with Crippen LogP contribution >= 0.6 is 11.8 Å². The van der Waals surface area contributed by atoms with Gasteiger partial charge in [-0.25, -0.2) is 9.18 Å². The lowest BCUT2D eigenvalue weighted by molar-refractivity contribution is 0.0697. The Kier molecular flexibility index (Phi) is 4.18. The zero-order chi connectivity index (χ0) is 12.3. The fraction of sp³-hybridized carbons (Fsp3) is 0.364. The largest absolute Gasteiger partial charge is 0.478 e. The van der Waals surface area contributed by atoms with Crippen molar-refractivity contribution in [3.63, 3.8) is 0 Å². The molecule has 1 aromatic carbocycles. The second kappa shape index (κ2) is 5.21. The number of thioether (sulfide) groups is 1. The predicted molar refractivity (Wildman–Crippen MR) is 63.3 cm³/mol. The Balaban J connectivity index is 3.00. The van der Waals surface area contributed by atoms with Gasteiger partial charge in [-0.1, -0.05) is 13.8 Å². The molecule has 88 valence electrons. The quantitative estimate of drug-likeness (QED) is 0.630. The Hall–Kier alpha value is -1.23. The van der Waals surface area contributed by atoms with E-state index in [1.165, 1.54) is 17.8 Å². The van der Waals surface area contributed by atoms with Crippen molar-refractivity contribution in [2.75, 3.05) is 11.5 Å². The molecule has 0 saturated carbocycles. The summed E-state index contributed by atoms with van der Waals surface area (Å²) in [7, 11) is 0. The minimum atomic E-state index is -1.14. The van der Waals surface area contributed by atoms with Crippen molar-refractivity contribution in [3.8, 4) is 0 Å². The third-order valence-electron chi connectivity index (χ3n) is 1.91. The van der Waals surface area contributed by atoms with Crippen molar-refractivity contribution in [2.24, 2.45) is 5.92 Å². The van der Waals surface area contributed by atoms with E-state index >= 15 is 0 Å². The maximum Gasteiger partial charge on any atom is 0.337 e. The number of hydrogen-bond acceptors (Lipinski definition) is 3. The van der Waals surface area contributed by atoms with Crippen molar-refractivity contribution in [1.29, 1.82) is 0 Å². The molecule has 5 heteroatoms. The molecule has 0 aliphatic carbocycles. The van der Waals surface area contributed by atoms with Crippen molar-refractivity contribution < 1.29 is 14.3 Å². The Morgan fingerprint density at radius 1 is 1.56 bits per heavy atom. The van der Waals surface area contributed by atoms with E-state index < -0.39 is 11.8 Å². The van der Waals surface area contributed by atoms with E-state index in [4.69, 9.17) is 10.8 Å². The van der Waals surface area contributed by atoms with Gasteiger partial charge in [0.15, 0.2) is 0 Å². The highest BCUT2D eigenvalue weighted by molar-refractivity contribution is 7.99. The molecule has 1 aromatic rings. The van der Waals surface area contributed by atoms with Gasteiger partial charge in [0.2, 0.25) is 0 Å². The molecule has 0 bridgehead atoms. The molecule has 0 atom stereocenters. The zero-order valence-electron chi connectivity index (χ0n) is 9.16. The average Bonchev–Trinajstić information content (AvgIpc) is 2.15. The summed E-state index contributed by atoms with van der Waals surface area (Å²) in [5.41, 5.74) is 5.33. The standard InChI is InChI=1S/C11H14FNO2S/c1-6(2)5-16-10-3-7(11(14)15)9(13)4-8(10)12/h3-4,6H,5,13H2,1-2H3,(H,14,15). The fourth-order valence-corrected chi connectivity index (χ4v) is 2.03. The molecular weight excluding hydrogens is 229 g/mol. The zero-order valence-corrected chi connectivity index (χ0v) is 9.97. The molecule has 0 heterocycles. The summed E-state index contributed by atoms with van der Waals surface area (Å²) in [4.78, 5) is 11.1. The van der Waals surface area contributed by atoms with E-state index in [0.29, 0.717) is 10.8 Å². The summed E-state index contributed by atoms with van der Waals surface area (Å²) in [6.45, 7) is 4.03. The smallest absolute Gasteiger partial charge is 0.337 e. The maximum absolute atomic E-state index is 13.5. The van der Waals surface area contributed by atoms with E-state index in [9.17, 15) is 9.18 Å². The van der Waals surface area contributed by atoms with E-state index in [0.717, 1.165) is 11.8 Å². The Morgan fingerprint density at radius 3 is 2.69 bits per heavy atom. The predicted octanol–water partition coefficient (Wildman–Crippen LogP) is 2.85. The van der Waals surface area contributed by atoms with Crippen LogP contribution < -0.4 is 5.73 Å².